The van der Waals surface area contributed by atoms with Gasteiger partial charge in [-0.3, -0.25) is 14.9 Å². The lowest BCUT2D eigenvalue weighted by atomic mass is 10.0. The maximum Gasteiger partial charge on any atom is 0.335 e. The summed E-state index contributed by atoms with van der Waals surface area (Å²) in [6.45, 7) is 1.84. The van der Waals surface area contributed by atoms with E-state index >= 15 is 0 Å². The molecule has 3 aromatic rings. The predicted octanol–water partition coefficient (Wildman–Crippen LogP) is 5.04. The van der Waals surface area contributed by atoms with Crippen molar-refractivity contribution in [3.05, 3.63) is 105 Å². The molecule has 32 heavy (non-hydrogen) atoms. The minimum absolute atomic E-state index is 0.191. The molecule has 0 aliphatic carbocycles. The molecule has 0 saturated carbocycles. The van der Waals surface area contributed by atoms with Crippen LogP contribution in [0.4, 0.5) is 14.9 Å². The van der Waals surface area contributed by atoms with E-state index in [0.717, 1.165) is 10.5 Å². The third kappa shape index (κ3) is 4.31. The first-order valence-corrected chi connectivity index (χ1v) is 10.2. The number of aryl methyl sites for hydroxylation is 1. The van der Waals surface area contributed by atoms with Crippen LogP contribution >= 0.6 is 11.6 Å². The highest BCUT2D eigenvalue weighted by Gasteiger charge is 2.36. The third-order valence-corrected chi connectivity index (χ3v) is 5.44. The first-order valence-electron chi connectivity index (χ1n) is 9.83. The van der Waals surface area contributed by atoms with Crippen molar-refractivity contribution >= 4 is 41.2 Å². The number of carbonyl (C=O) groups excluding carboxylic acids is 3. The number of urea groups is 1. The summed E-state index contributed by atoms with van der Waals surface area (Å²) >= 11 is 6.39. The van der Waals surface area contributed by atoms with Crippen molar-refractivity contribution in [1.29, 1.82) is 0 Å². The largest absolute Gasteiger partial charge is 0.335 e. The fourth-order valence-electron chi connectivity index (χ4n) is 3.47. The van der Waals surface area contributed by atoms with Crippen LogP contribution in [0.2, 0.25) is 5.02 Å². The molecule has 160 valence electrons. The summed E-state index contributed by atoms with van der Waals surface area (Å²) in [4.78, 5) is 38.6. The van der Waals surface area contributed by atoms with E-state index in [0.29, 0.717) is 33.8 Å². The molecule has 0 atom stereocenters. The molecule has 0 unspecified atom stereocenters. The molecule has 1 aliphatic heterocycles. The molecule has 0 bridgehead atoms. The third-order valence-electron chi connectivity index (χ3n) is 5.09. The van der Waals surface area contributed by atoms with Crippen LogP contribution < -0.4 is 10.2 Å². The van der Waals surface area contributed by atoms with Gasteiger partial charge < -0.3 is 0 Å². The fraction of sp³-hybridized carbons (Fsp3) is 0.0800. The van der Waals surface area contributed by atoms with E-state index in [1.54, 1.807) is 54.6 Å². The molecule has 5 nitrogen and oxygen atoms in total. The van der Waals surface area contributed by atoms with E-state index < -0.39 is 17.8 Å². The standard InChI is InChI=1S/C25H18ClFN2O3/c1-15-5-4-7-19(11-15)29-24(31)20(23(30)28-25(29)32)12-16-9-10-17(21(26)13-16)14-18-6-2-3-8-22(18)27/h2-13H,14H2,1H3,(H,28,30,32)/b20-12+. The smallest absolute Gasteiger partial charge is 0.273 e. The Bertz CT molecular complexity index is 1290. The first-order chi connectivity index (χ1) is 15.3. The second kappa shape index (κ2) is 8.77. The molecule has 1 aliphatic rings. The second-order valence-electron chi connectivity index (χ2n) is 7.42. The van der Waals surface area contributed by atoms with Gasteiger partial charge in [-0.15, -0.1) is 0 Å². The van der Waals surface area contributed by atoms with Gasteiger partial charge in [-0.1, -0.05) is 54.1 Å². The van der Waals surface area contributed by atoms with E-state index in [1.165, 1.54) is 12.1 Å². The van der Waals surface area contributed by atoms with Crippen molar-refractivity contribution in [1.82, 2.24) is 5.32 Å². The number of nitrogens with one attached hydrogen (secondary N) is 1. The quantitative estimate of drug-likeness (QED) is 0.449. The minimum atomic E-state index is -0.805. The highest BCUT2D eigenvalue weighted by atomic mass is 35.5. The van der Waals surface area contributed by atoms with Gasteiger partial charge in [0, 0.05) is 11.4 Å². The number of hydrogen-bond donors (Lipinski definition) is 1. The summed E-state index contributed by atoms with van der Waals surface area (Å²) in [6, 6.07) is 17.5. The number of amides is 4. The van der Waals surface area contributed by atoms with Gasteiger partial charge in [0.25, 0.3) is 11.8 Å². The van der Waals surface area contributed by atoms with Crippen molar-refractivity contribution < 1.29 is 18.8 Å². The molecule has 3 aromatic carbocycles. The van der Waals surface area contributed by atoms with Crippen LogP contribution in [0.25, 0.3) is 6.08 Å². The highest BCUT2D eigenvalue weighted by Crippen LogP contribution is 2.26. The maximum atomic E-state index is 13.9. The Hall–Kier alpha value is -3.77. The lowest BCUT2D eigenvalue weighted by Crippen LogP contribution is -2.54. The van der Waals surface area contributed by atoms with E-state index in [-0.39, 0.29) is 11.4 Å². The van der Waals surface area contributed by atoms with Gasteiger partial charge in [-0.05, 0) is 59.5 Å². The molecular formula is C25H18ClFN2O3. The van der Waals surface area contributed by atoms with E-state index in [1.807, 2.05) is 13.0 Å². The lowest BCUT2D eigenvalue weighted by molar-refractivity contribution is -0.122. The predicted molar refractivity (Wildman–Crippen MR) is 121 cm³/mol. The Kier molecular flexibility index (Phi) is 5.88. The summed E-state index contributed by atoms with van der Waals surface area (Å²) in [5, 5.41) is 2.57. The van der Waals surface area contributed by atoms with Crippen molar-refractivity contribution in [2.45, 2.75) is 13.3 Å². The molecule has 4 amide bonds. The van der Waals surface area contributed by atoms with Gasteiger partial charge in [-0.2, -0.15) is 0 Å². The Morgan fingerprint density at radius 2 is 1.75 bits per heavy atom. The monoisotopic (exact) mass is 448 g/mol. The molecule has 1 fully saturated rings. The van der Waals surface area contributed by atoms with Crippen LogP contribution in [-0.4, -0.2) is 17.8 Å². The number of hydrogen-bond acceptors (Lipinski definition) is 3. The number of imide groups is 2. The summed E-state index contributed by atoms with van der Waals surface area (Å²) in [7, 11) is 0. The number of barbiturate groups is 1. The summed E-state index contributed by atoms with van der Waals surface area (Å²) in [5.41, 5.74) is 2.75. The number of nitrogens with zero attached hydrogens (tertiary/aromatic N) is 1. The Morgan fingerprint density at radius 3 is 2.47 bits per heavy atom. The zero-order valence-corrected chi connectivity index (χ0v) is 17.8. The van der Waals surface area contributed by atoms with Crippen molar-refractivity contribution in [2.75, 3.05) is 4.90 Å². The summed E-state index contributed by atoms with van der Waals surface area (Å²) in [5.74, 6) is -1.83. The Labute approximate surface area is 189 Å². The zero-order chi connectivity index (χ0) is 22.8. The van der Waals surface area contributed by atoms with Crippen LogP contribution in [0.5, 0.6) is 0 Å². The molecule has 0 radical (unpaired) electrons. The molecule has 0 aromatic heterocycles. The van der Waals surface area contributed by atoms with Gasteiger partial charge in [0.05, 0.1) is 5.69 Å². The topological polar surface area (TPSA) is 66.5 Å². The minimum Gasteiger partial charge on any atom is -0.273 e. The van der Waals surface area contributed by atoms with Crippen molar-refractivity contribution in [3.63, 3.8) is 0 Å². The molecule has 4 rings (SSSR count). The summed E-state index contributed by atoms with van der Waals surface area (Å²) < 4.78 is 13.9. The lowest BCUT2D eigenvalue weighted by Gasteiger charge is -2.26. The van der Waals surface area contributed by atoms with Crippen molar-refractivity contribution in [2.24, 2.45) is 0 Å². The van der Waals surface area contributed by atoms with Crippen LogP contribution in [0.3, 0.4) is 0 Å². The number of rotatable bonds is 4. The maximum absolute atomic E-state index is 13.9. The van der Waals surface area contributed by atoms with Crippen molar-refractivity contribution in [3.8, 4) is 0 Å². The number of carbonyl (C=O) groups is 3. The molecule has 1 N–H and O–H groups in total. The molecule has 1 saturated heterocycles. The van der Waals surface area contributed by atoms with Gasteiger partial charge in [0.15, 0.2) is 0 Å². The number of anilines is 1. The van der Waals surface area contributed by atoms with E-state index in [9.17, 15) is 18.8 Å². The van der Waals surface area contributed by atoms with Gasteiger partial charge in [0.2, 0.25) is 0 Å². The average Bonchev–Trinajstić information content (AvgIpc) is 2.74. The van der Waals surface area contributed by atoms with Crippen LogP contribution in [-0.2, 0) is 16.0 Å². The number of halogens is 2. The molecule has 1 heterocycles. The van der Waals surface area contributed by atoms with Crippen LogP contribution in [0.15, 0.2) is 72.3 Å². The van der Waals surface area contributed by atoms with Gasteiger partial charge in [0.1, 0.15) is 11.4 Å². The van der Waals surface area contributed by atoms with Crippen LogP contribution in [0.1, 0.15) is 22.3 Å². The average molecular weight is 449 g/mol. The van der Waals surface area contributed by atoms with E-state index in [2.05, 4.69) is 5.32 Å². The van der Waals surface area contributed by atoms with Gasteiger partial charge in [-0.25, -0.2) is 14.1 Å². The Balaban J connectivity index is 1.64. The molecular weight excluding hydrogens is 431 g/mol. The Morgan fingerprint density at radius 1 is 0.969 bits per heavy atom. The number of benzene rings is 3. The van der Waals surface area contributed by atoms with Gasteiger partial charge >= 0.3 is 6.03 Å². The van der Waals surface area contributed by atoms with Crippen LogP contribution in [0, 0.1) is 12.7 Å². The van der Waals surface area contributed by atoms with E-state index in [4.69, 9.17) is 11.6 Å². The first kappa shape index (κ1) is 21.5. The molecule has 0 spiro atoms. The highest BCUT2D eigenvalue weighted by molar-refractivity contribution is 6.39. The SMILES string of the molecule is Cc1cccc(N2C(=O)NC(=O)/C(=C\c3ccc(Cc4ccccc4F)c(Cl)c3)C2=O)c1. The second-order valence-corrected chi connectivity index (χ2v) is 7.82. The summed E-state index contributed by atoms with van der Waals surface area (Å²) in [6.07, 6.45) is 1.68. The normalized spacial score (nSPS) is 15.3. The fourth-order valence-corrected chi connectivity index (χ4v) is 3.73. The zero-order valence-electron chi connectivity index (χ0n) is 17.1. The molecule has 7 heteroatoms.